The maximum absolute atomic E-state index is 12.6. The number of carbonyl (C=O) groups is 1. The Morgan fingerprint density at radius 2 is 1.75 bits per heavy atom. The fourth-order valence-electron chi connectivity index (χ4n) is 4.52. The SMILES string of the molecule is Cc1ccc(C(=O)c2noc(C=C3CCC(C(c4ccc(Cl)cc4)N(C)C)CC3)n2)cc1. The van der Waals surface area contributed by atoms with E-state index in [0.29, 0.717) is 23.4 Å². The molecule has 0 amide bonds. The first-order valence-electron chi connectivity index (χ1n) is 11.0. The van der Waals surface area contributed by atoms with Crippen LogP contribution in [0.5, 0.6) is 0 Å². The number of hydrogen-bond acceptors (Lipinski definition) is 5. The van der Waals surface area contributed by atoms with Gasteiger partial charge in [-0.25, -0.2) is 0 Å². The first kappa shape index (κ1) is 22.4. The maximum atomic E-state index is 12.6. The number of ketones is 1. The van der Waals surface area contributed by atoms with Crippen LogP contribution < -0.4 is 0 Å². The predicted molar refractivity (Wildman–Crippen MR) is 127 cm³/mol. The van der Waals surface area contributed by atoms with Crippen molar-refractivity contribution < 1.29 is 9.32 Å². The molecule has 1 unspecified atom stereocenters. The molecule has 4 rings (SSSR count). The summed E-state index contributed by atoms with van der Waals surface area (Å²) in [5, 5.41) is 4.66. The van der Waals surface area contributed by atoms with Crippen molar-refractivity contribution in [3.63, 3.8) is 0 Å². The van der Waals surface area contributed by atoms with E-state index < -0.39 is 0 Å². The van der Waals surface area contributed by atoms with Crippen molar-refractivity contribution in [3.8, 4) is 0 Å². The van der Waals surface area contributed by atoms with E-state index in [9.17, 15) is 4.79 Å². The normalized spacial score (nSPS) is 17.4. The molecule has 0 radical (unpaired) electrons. The lowest BCUT2D eigenvalue weighted by molar-refractivity contribution is 0.102. The van der Waals surface area contributed by atoms with E-state index in [-0.39, 0.29) is 11.6 Å². The Labute approximate surface area is 194 Å². The molecule has 32 heavy (non-hydrogen) atoms. The van der Waals surface area contributed by atoms with E-state index in [2.05, 4.69) is 41.3 Å². The standard InChI is InChI=1S/C26H28ClN3O2/c1-17-4-8-21(9-5-17)25(31)26-28-23(32-29-26)16-18-6-10-19(11-7-18)24(30(2)3)20-12-14-22(27)15-13-20/h4-5,8-9,12-16,19,24H,6-7,10-11H2,1-3H3. The molecule has 0 N–H and O–H groups in total. The van der Waals surface area contributed by atoms with Gasteiger partial charge in [0, 0.05) is 22.7 Å². The van der Waals surface area contributed by atoms with Gasteiger partial charge < -0.3 is 9.42 Å². The fourth-order valence-corrected chi connectivity index (χ4v) is 4.64. The number of halogens is 1. The summed E-state index contributed by atoms with van der Waals surface area (Å²) in [6.07, 6.45) is 6.07. The summed E-state index contributed by atoms with van der Waals surface area (Å²) < 4.78 is 5.35. The lowest BCUT2D eigenvalue weighted by atomic mass is 9.78. The van der Waals surface area contributed by atoms with Crippen LogP contribution in [-0.2, 0) is 0 Å². The van der Waals surface area contributed by atoms with Crippen LogP contribution in [0.25, 0.3) is 6.08 Å². The molecule has 1 aromatic heterocycles. The van der Waals surface area contributed by atoms with Gasteiger partial charge in [-0.3, -0.25) is 4.79 Å². The number of allylic oxidation sites excluding steroid dienone is 1. The second-order valence-electron chi connectivity index (χ2n) is 8.75. The Kier molecular flexibility index (Phi) is 6.87. The largest absolute Gasteiger partial charge is 0.334 e. The zero-order chi connectivity index (χ0) is 22.7. The number of aromatic nitrogens is 2. The molecule has 3 aromatic rings. The summed E-state index contributed by atoms with van der Waals surface area (Å²) in [7, 11) is 4.27. The number of benzene rings is 2. The number of nitrogens with zero attached hydrogens (tertiary/aromatic N) is 3. The highest BCUT2D eigenvalue weighted by Gasteiger charge is 2.28. The summed E-state index contributed by atoms with van der Waals surface area (Å²) in [5.74, 6) is 0.837. The van der Waals surface area contributed by atoms with Gasteiger partial charge in [-0.1, -0.05) is 64.3 Å². The first-order valence-corrected chi connectivity index (χ1v) is 11.3. The molecule has 1 saturated carbocycles. The molecule has 0 saturated heterocycles. The Balaban J connectivity index is 1.42. The van der Waals surface area contributed by atoms with E-state index >= 15 is 0 Å². The van der Waals surface area contributed by atoms with Crippen LogP contribution in [0.3, 0.4) is 0 Å². The van der Waals surface area contributed by atoms with Crippen LogP contribution in [0.15, 0.2) is 58.6 Å². The lowest BCUT2D eigenvalue weighted by Crippen LogP contribution is -2.29. The smallest absolute Gasteiger partial charge is 0.250 e. The van der Waals surface area contributed by atoms with Crippen molar-refractivity contribution in [2.24, 2.45) is 5.92 Å². The topological polar surface area (TPSA) is 59.2 Å². The molecular formula is C26H28ClN3O2. The Hall–Kier alpha value is -2.76. The molecule has 1 fully saturated rings. The van der Waals surface area contributed by atoms with Crippen molar-refractivity contribution >= 4 is 23.5 Å². The third kappa shape index (κ3) is 5.17. The third-order valence-electron chi connectivity index (χ3n) is 6.17. The molecule has 0 spiro atoms. The van der Waals surface area contributed by atoms with Gasteiger partial charge in [0.2, 0.25) is 11.6 Å². The zero-order valence-corrected chi connectivity index (χ0v) is 19.5. The zero-order valence-electron chi connectivity index (χ0n) is 18.7. The van der Waals surface area contributed by atoms with Crippen LogP contribution >= 0.6 is 11.6 Å². The van der Waals surface area contributed by atoms with Crippen molar-refractivity contribution in [1.29, 1.82) is 0 Å². The number of hydrogen-bond donors (Lipinski definition) is 0. The summed E-state index contributed by atoms with van der Waals surface area (Å²) in [6.45, 7) is 1.98. The third-order valence-corrected chi connectivity index (χ3v) is 6.43. The molecule has 2 aromatic carbocycles. The molecule has 0 bridgehead atoms. The molecule has 0 aliphatic heterocycles. The van der Waals surface area contributed by atoms with Gasteiger partial charge in [0.05, 0.1) is 0 Å². The summed E-state index contributed by atoms with van der Waals surface area (Å²) in [4.78, 5) is 19.2. The Morgan fingerprint density at radius 1 is 1.09 bits per heavy atom. The van der Waals surface area contributed by atoms with E-state index in [1.165, 1.54) is 11.1 Å². The highest BCUT2D eigenvalue weighted by Crippen LogP contribution is 2.39. The van der Waals surface area contributed by atoms with Crippen molar-refractivity contribution in [2.75, 3.05) is 14.1 Å². The van der Waals surface area contributed by atoms with E-state index in [4.69, 9.17) is 16.1 Å². The Bertz CT molecular complexity index is 1090. The van der Waals surface area contributed by atoms with Crippen LogP contribution in [0.4, 0.5) is 0 Å². The summed E-state index contributed by atoms with van der Waals surface area (Å²) in [6, 6.07) is 15.9. The minimum atomic E-state index is -0.223. The van der Waals surface area contributed by atoms with Crippen LogP contribution in [0, 0.1) is 12.8 Å². The average molecular weight is 450 g/mol. The molecule has 6 heteroatoms. The van der Waals surface area contributed by atoms with Crippen LogP contribution in [-0.4, -0.2) is 34.9 Å². The summed E-state index contributed by atoms with van der Waals surface area (Å²) in [5.41, 5.74) is 4.25. The van der Waals surface area contributed by atoms with E-state index in [1.54, 1.807) is 12.1 Å². The molecule has 1 aliphatic carbocycles. The molecule has 5 nitrogen and oxygen atoms in total. The second-order valence-corrected chi connectivity index (χ2v) is 9.19. The van der Waals surface area contributed by atoms with Crippen LogP contribution in [0.1, 0.15) is 64.9 Å². The molecule has 1 heterocycles. The summed E-state index contributed by atoms with van der Waals surface area (Å²) >= 11 is 6.08. The molecular weight excluding hydrogens is 422 g/mol. The van der Waals surface area contributed by atoms with Gasteiger partial charge in [0.1, 0.15) is 0 Å². The van der Waals surface area contributed by atoms with Crippen molar-refractivity contribution in [1.82, 2.24) is 15.0 Å². The highest BCUT2D eigenvalue weighted by atomic mass is 35.5. The van der Waals surface area contributed by atoms with Gasteiger partial charge in [-0.2, -0.15) is 4.98 Å². The van der Waals surface area contributed by atoms with Gasteiger partial charge in [0.15, 0.2) is 0 Å². The van der Waals surface area contributed by atoms with Crippen LogP contribution in [0.2, 0.25) is 5.02 Å². The average Bonchev–Trinajstić information content (AvgIpc) is 3.25. The highest BCUT2D eigenvalue weighted by molar-refractivity contribution is 6.30. The lowest BCUT2D eigenvalue weighted by Gasteiger charge is -2.36. The van der Waals surface area contributed by atoms with Gasteiger partial charge in [-0.05, 0) is 70.3 Å². The fraction of sp³-hybridized carbons (Fsp3) is 0.346. The number of aryl methyl sites for hydroxylation is 1. The number of carbonyl (C=O) groups excluding carboxylic acids is 1. The Morgan fingerprint density at radius 3 is 2.38 bits per heavy atom. The monoisotopic (exact) mass is 449 g/mol. The quantitative estimate of drug-likeness (QED) is 0.423. The first-order chi connectivity index (χ1) is 15.4. The van der Waals surface area contributed by atoms with E-state index in [1.807, 2.05) is 37.3 Å². The predicted octanol–water partition coefficient (Wildman–Crippen LogP) is 6.14. The van der Waals surface area contributed by atoms with E-state index in [0.717, 1.165) is 36.3 Å². The minimum Gasteiger partial charge on any atom is -0.334 e. The molecule has 1 atom stereocenters. The number of rotatable bonds is 6. The maximum Gasteiger partial charge on any atom is 0.250 e. The molecule has 166 valence electrons. The van der Waals surface area contributed by atoms with Crippen molar-refractivity contribution in [2.45, 2.75) is 38.6 Å². The second kappa shape index (κ2) is 9.80. The molecule has 1 aliphatic rings. The van der Waals surface area contributed by atoms with Gasteiger partial charge >= 0.3 is 0 Å². The minimum absolute atomic E-state index is 0.102. The van der Waals surface area contributed by atoms with Gasteiger partial charge in [-0.15, -0.1) is 0 Å². The van der Waals surface area contributed by atoms with Gasteiger partial charge in [0.25, 0.3) is 5.89 Å². The van der Waals surface area contributed by atoms with Crippen molar-refractivity contribution in [3.05, 3.63) is 87.5 Å².